The van der Waals surface area contributed by atoms with Gasteiger partial charge in [0, 0.05) is 5.92 Å². The van der Waals surface area contributed by atoms with Crippen LogP contribution in [0.4, 0.5) is 17.6 Å². The van der Waals surface area contributed by atoms with Gasteiger partial charge in [0.2, 0.25) is 27.4 Å². The van der Waals surface area contributed by atoms with E-state index in [0.717, 1.165) is 101 Å². The first-order valence-corrected chi connectivity index (χ1v) is 22.6. The second-order valence-corrected chi connectivity index (χ2v) is 19.7. The minimum Gasteiger partial charge on any atom is -0.457 e. The second-order valence-electron chi connectivity index (χ2n) is 16.5. The molecule has 2 aromatic carbocycles. The fourth-order valence-electron chi connectivity index (χ4n) is 11.0. The van der Waals surface area contributed by atoms with Gasteiger partial charge >= 0.3 is 22.1 Å². The molecule has 5 saturated carbocycles. The number of carbonyl (C=O) groups excluding carboxylic acids is 2. The largest absolute Gasteiger partial charge is 0.457 e. The van der Waals surface area contributed by atoms with Crippen LogP contribution >= 0.6 is 0 Å². The van der Waals surface area contributed by atoms with Crippen molar-refractivity contribution in [2.45, 2.75) is 143 Å². The van der Waals surface area contributed by atoms with Crippen LogP contribution in [0, 0.1) is 41.0 Å². The molecule has 2 aromatic rings. The third-order valence-corrected chi connectivity index (χ3v) is 16.3. The Labute approximate surface area is 317 Å². The molecule has 0 spiro atoms. The number of nitrogens with one attached hydrogen (secondary N) is 1. The van der Waals surface area contributed by atoms with Crippen LogP contribution in [0.5, 0.6) is 5.75 Å². The molecular weight excluding hydrogens is 767 g/mol. The summed E-state index contributed by atoms with van der Waals surface area (Å²) in [5.41, 5.74) is 3.68. The van der Waals surface area contributed by atoms with Gasteiger partial charge in [0.05, 0.1) is 22.8 Å². The Kier molecular flexibility index (Phi) is 10.4. The number of fused-ring (bicyclic) bond motifs is 1. The molecule has 5 aliphatic carbocycles. The standard InChI is InChI=1S/C39H45F4NO9S2/c40-29-31(42)37(55(49,50)51)32(43)30(41)35(29)53-39(46)28-25-18-26-33(44-54(47,48)36(26)28)34(25)52-38(45)27-23(20-12-6-2-7-13-20)16-22(19-10-4-1-5-11-19)17-24(27)21-14-8-3-9-15-21/h16-17,19-21,25-26,28,33-34,36,44H,1-15,18H2,(H,49,50,51). The van der Waals surface area contributed by atoms with Gasteiger partial charge in [-0.3, -0.25) is 9.35 Å². The number of sulfonamides is 1. The number of hydrogen-bond acceptors (Lipinski definition) is 8. The SMILES string of the molecule is O=C(OC1C2CC3C1NS(=O)(=O)C3C2C(=O)Oc1c(F)c(F)c(S(=O)(=O)O)c(F)c1F)c1c(C2CCCCC2)cc(C2CCCCC2)cc1C1CCCCC1. The summed E-state index contributed by atoms with van der Waals surface area (Å²) >= 11 is 0. The van der Waals surface area contributed by atoms with Crippen LogP contribution in [-0.4, -0.2) is 50.7 Å². The average Bonchev–Trinajstić information content (AvgIpc) is 3.79. The summed E-state index contributed by atoms with van der Waals surface area (Å²) in [5, 5.41) is -1.45. The molecule has 300 valence electrons. The van der Waals surface area contributed by atoms with Crippen LogP contribution in [0.15, 0.2) is 17.0 Å². The summed E-state index contributed by atoms with van der Waals surface area (Å²) in [4.78, 5) is 26.2. The van der Waals surface area contributed by atoms with Crippen LogP contribution in [0.2, 0.25) is 0 Å². The highest BCUT2D eigenvalue weighted by atomic mass is 32.2. The number of rotatable bonds is 8. The van der Waals surface area contributed by atoms with Crippen molar-refractivity contribution in [1.82, 2.24) is 4.72 Å². The van der Waals surface area contributed by atoms with Gasteiger partial charge < -0.3 is 9.47 Å². The lowest BCUT2D eigenvalue weighted by molar-refractivity contribution is -0.142. The lowest BCUT2D eigenvalue weighted by Crippen LogP contribution is -2.47. The van der Waals surface area contributed by atoms with Crippen molar-refractivity contribution >= 4 is 32.1 Å². The molecule has 55 heavy (non-hydrogen) atoms. The van der Waals surface area contributed by atoms with Crippen LogP contribution in [0.25, 0.3) is 0 Å². The molecule has 6 atom stereocenters. The van der Waals surface area contributed by atoms with Crippen molar-refractivity contribution in [3.05, 3.63) is 57.7 Å². The van der Waals surface area contributed by atoms with Gasteiger partial charge in [-0.1, -0.05) is 69.9 Å². The molecule has 0 amide bonds. The minimum absolute atomic E-state index is 0.0697. The Hall–Kier alpha value is -3.08. The highest BCUT2D eigenvalue weighted by Crippen LogP contribution is 2.57. The molecule has 6 fully saturated rings. The molecule has 0 radical (unpaired) electrons. The number of benzene rings is 2. The van der Waals surface area contributed by atoms with E-state index in [9.17, 15) is 44.0 Å². The molecule has 0 aromatic heterocycles. The minimum atomic E-state index is -5.78. The molecule has 16 heteroatoms. The van der Waals surface area contributed by atoms with Gasteiger partial charge in [-0.25, -0.2) is 26.7 Å². The maximum Gasteiger partial charge on any atom is 0.339 e. The predicted molar refractivity (Wildman–Crippen MR) is 190 cm³/mol. The summed E-state index contributed by atoms with van der Waals surface area (Å²) in [5.74, 6) is -16.7. The van der Waals surface area contributed by atoms with Crippen LogP contribution in [0.3, 0.4) is 0 Å². The molecule has 1 heterocycles. The number of carbonyl (C=O) groups is 2. The first-order chi connectivity index (χ1) is 26.2. The molecule has 10 nitrogen and oxygen atoms in total. The van der Waals surface area contributed by atoms with Crippen LogP contribution < -0.4 is 9.46 Å². The van der Waals surface area contributed by atoms with Gasteiger partial charge in [-0.2, -0.15) is 17.2 Å². The summed E-state index contributed by atoms with van der Waals surface area (Å²) in [6, 6.07) is 3.53. The predicted octanol–water partition coefficient (Wildman–Crippen LogP) is 7.70. The molecule has 6 unspecified atom stereocenters. The third kappa shape index (κ3) is 6.79. The van der Waals surface area contributed by atoms with E-state index in [0.29, 0.717) is 11.5 Å². The number of esters is 2. The Morgan fingerprint density at radius 2 is 1.22 bits per heavy atom. The van der Waals surface area contributed by atoms with Gasteiger partial charge in [-0.05, 0) is 85.3 Å². The number of halogens is 4. The van der Waals surface area contributed by atoms with Gasteiger partial charge in [0.15, 0.2) is 16.5 Å². The molecular formula is C39H45F4NO9S2. The fourth-order valence-corrected chi connectivity index (χ4v) is 13.9. The van der Waals surface area contributed by atoms with Gasteiger partial charge in [-0.15, -0.1) is 0 Å². The lowest BCUT2D eigenvalue weighted by atomic mass is 9.73. The Bertz CT molecular complexity index is 2040. The van der Waals surface area contributed by atoms with Crippen LogP contribution in [0.1, 0.15) is 148 Å². The maximum atomic E-state index is 14.9. The summed E-state index contributed by atoms with van der Waals surface area (Å²) in [6.07, 6.45) is 14.6. The van der Waals surface area contributed by atoms with Crippen molar-refractivity contribution in [2.24, 2.45) is 17.8 Å². The van der Waals surface area contributed by atoms with E-state index in [-0.39, 0.29) is 18.3 Å². The first-order valence-electron chi connectivity index (χ1n) is 19.6. The molecule has 2 N–H and O–H groups in total. The zero-order valence-corrected chi connectivity index (χ0v) is 31.8. The molecule has 6 aliphatic rings. The summed E-state index contributed by atoms with van der Waals surface area (Å²) < 4.78 is 132. The van der Waals surface area contributed by atoms with E-state index in [1.165, 1.54) is 12.0 Å². The fraction of sp³-hybridized carbons (Fsp3) is 0.641. The molecule has 1 aliphatic heterocycles. The van der Waals surface area contributed by atoms with Crippen LogP contribution in [-0.2, 0) is 29.7 Å². The molecule has 1 saturated heterocycles. The van der Waals surface area contributed by atoms with Crippen molar-refractivity contribution < 1.29 is 58.0 Å². The quantitative estimate of drug-likeness (QED) is 0.0898. The monoisotopic (exact) mass is 811 g/mol. The first kappa shape index (κ1) is 38.8. The lowest BCUT2D eigenvalue weighted by Gasteiger charge is -2.34. The Morgan fingerprint density at radius 1 is 0.727 bits per heavy atom. The summed E-state index contributed by atoms with van der Waals surface area (Å²) in [6.45, 7) is 0. The Morgan fingerprint density at radius 3 is 1.71 bits per heavy atom. The normalized spacial score (nSPS) is 29.8. The highest BCUT2D eigenvalue weighted by molar-refractivity contribution is 7.90. The molecule has 8 rings (SSSR count). The topological polar surface area (TPSA) is 153 Å². The highest BCUT2D eigenvalue weighted by Gasteiger charge is 2.71. The smallest absolute Gasteiger partial charge is 0.339 e. The number of ether oxygens (including phenoxy) is 2. The Balaban J connectivity index is 1.15. The summed E-state index contributed by atoms with van der Waals surface area (Å²) in [7, 11) is -10.1. The maximum absolute atomic E-state index is 14.9. The zero-order chi connectivity index (χ0) is 39.0. The van der Waals surface area contributed by atoms with E-state index in [2.05, 4.69) is 16.9 Å². The van der Waals surface area contributed by atoms with Crippen molar-refractivity contribution in [1.29, 1.82) is 0 Å². The van der Waals surface area contributed by atoms with Crippen molar-refractivity contribution in [2.75, 3.05) is 0 Å². The average molecular weight is 812 g/mol. The van der Waals surface area contributed by atoms with Gasteiger partial charge in [0.1, 0.15) is 6.10 Å². The van der Waals surface area contributed by atoms with Gasteiger partial charge in [0.25, 0.3) is 0 Å². The number of hydrogen-bond donors (Lipinski definition) is 2. The van der Waals surface area contributed by atoms with Crippen molar-refractivity contribution in [3.63, 3.8) is 0 Å². The zero-order valence-electron chi connectivity index (χ0n) is 30.2. The second kappa shape index (κ2) is 14.7. The van der Waals surface area contributed by atoms with E-state index in [1.807, 2.05) is 0 Å². The van der Waals surface area contributed by atoms with E-state index in [1.54, 1.807) is 0 Å². The molecule has 2 bridgehead atoms. The third-order valence-electron chi connectivity index (χ3n) is 13.4. The van der Waals surface area contributed by atoms with E-state index >= 15 is 0 Å². The van der Waals surface area contributed by atoms with Crippen molar-refractivity contribution in [3.8, 4) is 5.75 Å². The van der Waals surface area contributed by atoms with E-state index < -0.39 is 101 Å². The van der Waals surface area contributed by atoms with E-state index in [4.69, 9.17) is 14.0 Å².